The smallest absolute Gasteiger partial charge is 0.411 e. The fraction of sp³-hybridized carbons (Fsp3) is 0.500. The van der Waals surface area contributed by atoms with Crippen molar-refractivity contribution in [3.05, 3.63) is 48.2 Å². The number of benzene rings is 2. The number of aryl methyl sites for hydroxylation is 2. The van der Waals surface area contributed by atoms with Gasteiger partial charge in [-0.15, -0.1) is 0 Å². The third kappa shape index (κ3) is 6.92. The van der Waals surface area contributed by atoms with Gasteiger partial charge < -0.3 is 24.6 Å². The van der Waals surface area contributed by atoms with Gasteiger partial charge in [-0.2, -0.15) is 5.10 Å². The Morgan fingerprint density at radius 2 is 1.93 bits per heavy atom. The first-order valence-corrected chi connectivity index (χ1v) is 13.7. The molecule has 2 atom stereocenters. The zero-order chi connectivity index (χ0) is 28.9. The van der Waals surface area contributed by atoms with Crippen LogP contribution in [0.15, 0.2) is 42.5 Å². The molecule has 1 aliphatic rings. The van der Waals surface area contributed by atoms with E-state index in [1.165, 1.54) is 12.0 Å². The molecule has 2 aromatic carbocycles. The summed E-state index contributed by atoms with van der Waals surface area (Å²) >= 11 is 0. The van der Waals surface area contributed by atoms with Crippen LogP contribution in [-0.2, 0) is 27.7 Å². The van der Waals surface area contributed by atoms with Crippen LogP contribution in [0.4, 0.5) is 4.79 Å². The lowest BCUT2D eigenvalue weighted by atomic mass is 9.98. The highest BCUT2D eigenvalue weighted by Crippen LogP contribution is 2.34. The van der Waals surface area contributed by atoms with Crippen LogP contribution in [0.5, 0.6) is 5.75 Å². The van der Waals surface area contributed by atoms with Crippen LogP contribution in [0.2, 0.25) is 0 Å². The molecule has 1 aliphatic heterocycles. The normalized spacial score (nSPS) is 17.3. The van der Waals surface area contributed by atoms with E-state index >= 15 is 0 Å². The van der Waals surface area contributed by atoms with E-state index < -0.39 is 29.8 Å². The van der Waals surface area contributed by atoms with Crippen molar-refractivity contribution in [1.82, 2.24) is 20.0 Å². The predicted molar refractivity (Wildman–Crippen MR) is 152 cm³/mol. The lowest BCUT2D eigenvalue weighted by Crippen LogP contribution is -2.44. The van der Waals surface area contributed by atoms with Gasteiger partial charge in [0.2, 0.25) is 0 Å². The number of esters is 1. The van der Waals surface area contributed by atoms with Crippen LogP contribution in [0.1, 0.15) is 39.3 Å². The third-order valence-corrected chi connectivity index (χ3v) is 6.85. The maximum atomic E-state index is 12.8. The summed E-state index contributed by atoms with van der Waals surface area (Å²) in [6, 6.07) is 13.2. The van der Waals surface area contributed by atoms with Gasteiger partial charge in [-0.25, -0.2) is 9.59 Å². The highest BCUT2D eigenvalue weighted by molar-refractivity contribution is 5.97. The first-order chi connectivity index (χ1) is 19.1. The Balaban J connectivity index is 1.55. The van der Waals surface area contributed by atoms with Crippen molar-refractivity contribution in [3.63, 3.8) is 0 Å². The number of aliphatic hydroxyl groups excluding tert-OH is 1. The van der Waals surface area contributed by atoms with E-state index in [4.69, 9.17) is 24.4 Å². The van der Waals surface area contributed by atoms with E-state index in [9.17, 15) is 9.59 Å². The second-order valence-electron chi connectivity index (χ2n) is 11.0. The number of aromatic nitrogens is 2. The van der Waals surface area contributed by atoms with E-state index in [1.807, 2.05) is 48.1 Å². The minimum absolute atomic E-state index is 0.125. The quantitative estimate of drug-likeness (QED) is 0.289. The minimum atomic E-state index is -0.772. The number of carbonyl (C=O) groups excluding carboxylic acids is 2. The van der Waals surface area contributed by atoms with E-state index in [1.54, 1.807) is 20.8 Å². The summed E-state index contributed by atoms with van der Waals surface area (Å²) in [5.74, 6) is 0.154. The number of nitrogens with zero attached hydrogens (tertiary/aromatic N) is 3. The van der Waals surface area contributed by atoms with Crippen molar-refractivity contribution in [2.45, 2.75) is 57.8 Å². The molecule has 10 heteroatoms. The lowest BCUT2D eigenvalue weighted by Gasteiger charge is -2.27. The second-order valence-corrected chi connectivity index (χ2v) is 11.0. The number of likely N-dealkylation sites (tertiary alicyclic amines) is 1. The molecule has 1 amide bonds. The highest BCUT2D eigenvalue weighted by atomic mass is 16.6. The summed E-state index contributed by atoms with van der Waals surface area (Å²) in [6.07, 6.45) is 1.11. The number of fused-ring (bicyclic) bond motifs is 1. The fourth-order valence-corrected chi connectivity index (χ4v) is 5.12. The average Bonchev–Trinajstić information content (AvgIpc) is 3.47. The minimum Gasteiger partial charge on any atom is -0.488 e. The number of ether oxygens (including phenoxy) is 3. The zero-order valence-electron chi connectivity index (χ0n) is 24.0. The van der Waals surface area contributed by atoms with Gasteiger partial charge in [0.05, 0.1) is 25.8 Å². The van der Waals surface area contributed by atoms with Gasteiger partial charge in [-0.05, 0) is 69.5 Å². The number of hydrogen-bond acceptors (Lipinski definition) is 8. The maximum Gasteiger partial charge on any atom is 0.411 e. The van der Waals surface area contributed by atoms with Crippen LogP contribution in [-0.4, -0.2) is 82.9 Å². The molecule has 0 bridgehead atoms. The Labute approximate surface area is 235 Å². The van der Waals surface area contributed by atoms with Crippen molar-refractivity contribution >= 4 is 23.0 Å². The summed E-state index contributed by atoms with van der Waals surface area (Å²) < 4.78 is 18.7. The van der Waals surface area contributed by atoms with Gasteiger partial charge in [0.25, 0.3) is 0 Å². The lowest BCUT2D eigenvalue weighted by molar-refractivity contribution is -0.145. The van der Waals surface area contributed by atoms with Gasteiger partial charge in [-0.1, -0.05) is 24.3 Å². The molecule has 0 saturated carbocycles. The molecule has 0 spiro atoms. The Hall–Kier alpha value is -3.63. The fourth-order valence-electron chi connectivity index (χ4n) is 5.12. The van der Waals surface area contributed by atoms with Crippen molar-refractivity contribution in [2.75, 3.05) is 33.4 Å². The molecule has 216 valence electrons. The van der Waals surface area contributed by atoms with Gasteiger partial charge in [0, 0.05) is 31.1 Å². The van der Waals surface area contributed by atoms with Crippen LogP contribution in [0.25, 0.3) is 22.0 Å². The molecule has 0 unspecified atom stereocenters. The predicted octanol–water partition coefficient (Wildman–Crippen LogP) is 3.68. The van der Waals surface area contributed by atoms with Crippen molar-refractivity contribution in [1.29, 1.82) is 0 Å². The molecule has 0 radical (unpaired) electrons. The molecule has 1 aromatic heterocycles. The van der Waals surface area contributed by atoms with Gasteiger partial charge >= 0.3 is 12.1 Å². The Kier molecular flexibility index (Phi) is 9.32. The first-order valence-electron chi connectivity index (χ1n) is 13.7. The second kappa shape index (κ2) is 12.7. The molecular weight excluding hydrogens is 512 g/mol. The van der Waals surface area contributed by atoms with Gasteiger partial charge in [-0.3, -0.25) is 9.58 Å². The summed E-state index contributed by atoms with van der Waals surface area (Å²) in [5, 5.41) is 18.1. The number of hydrogen-bond donors (Lipinski definition) is 2. The van der Waals surface area contributed by atoms with Crippen LogP contribution in [0, 0.1) is 0 Å². The number of aliphatic hydroxyl groups is 1. The highest BCUT2D eigenvalue weighted by Gasteiger charge is 2.43. The molecular formula is C30H40N4O6. The van der Waals surface area contributed by atoms with Crippen molar-refractivity contribution in [2.24, 2.45) is 7.05 Å². The molecule has 2 heterocycles. The zero-order valence-corrected chi connectivity index (χ0v) is 24.0. The summed E-state index contributed by atoms with van der Waals surface area (Å²) in [6.45, 7) is 7.10. The standard InChI is InChI=1S/C30H40N4O6/c1-30(2,3)40-29(37)34-19-22(18-26(34)28(36)38-5)39-21-10-6-9-20(17-21)23-11-7-12-24-27(23)25(33(4)32-24)13-8-14-31-15-16-35/h6-7,9-12,17,22,26,31,35H,8,13-16,18-19H2,1-5H3/t22-,26-/m0/s1. The number of amides is 1. The van der Waals surface area contributed by atoms with E-state index in [2.05, 4.69) is 11.4 Å². The van der Waals surface area contributed by atoms with Crippen LogP contribution in [0.3, 0.4) is 0 Å². The summed E-state index contributed by atoms with van der Waals surface area (Å²) in [4.78, 5) is 26.7. The van der Waals surface area contributed by atoms with Gasteiger partial charge in [0.1, 0.15) is 23.5 Å². The first kappa shape index (κ1) is 29.4. The summed E-state index contributed by atoms with van der Waals surface area (Å²) in [5.41, 5.74) is 3.43. The molecule has 4 rings (SSSR count). The number of rotatable bonds is 10. The molecule has 40 heavy (non-hydrogen) atoms. The Morgan fingerprint density at radius 3 is 2.65 bits per heavy atom. The number of nitrogens with one attached hydrogen (secondary N) is 1. The summed E-state index contributed by atoms with van der Waals surface area (Å²) in [7, 11) is 3.28. The van der Waals surface area contributed by atoms with Gasteiger partial charge in [0.15, 0.2) is 0 Å². The Bertz CT molecular complexity index is 1330. The number of carbonyl (C=O) groups is 2. The molecule has 0 aliphatic carbocycles. The van der Waals surface area contributed by atoms with E-state index in [-0.39, 0.29) is 13.2 Å². The third-order valence-electron chi connectivity index (χ3n) is 6.85. The Morgan fingerprint density at radius 1 is 1.15 bits per heavy atom. The molecule has 3 aromatic rings. The van der Waals surface area contributed by atoms with Crippen molar-refractivity contribution in [3.8, 4) is 16.9 Å². The van der Waals surface area contributed by atoms with Crippen LogP contribution >= 0.6 is 0 Å². The van der Waals surface area contributed by atoms with Crippen LogP contribution < -0.4 is 10.1 Å². The SMILES string of the molecule is COC(=O)[C@@H]1C[C@H](Oc2cccc(-c3cccc4nn(C)c(CCCNCCO)c34)c2)CN1C(=O)OC(C)(C)C. The van der Waals surface area contributed by atoms with Crippen molar-refractivity contribution < 1.29 is 28.9 Å². The average molecular weight is 553 g/mol. The van der Waals surface area contributed by atoms with E-state index in [0.29, 0.717) is 18.7 Å². The largest absolute Gasteiger partial charge is 0.488 e. The topological polar surface area (TPSA) is 115 Å². The monoisotopic (exact) mass is 552 g/mol. The van der Waals surface area contributed by atoms with E-state index in [0.717, 1.165) is 47.1 Å². The maximum absolute atomic E-state index is 12.8. The number of methoxy groups -OCH3 is 1. The molecule has 1 fully saturated rings. The molecule has 1 saturated heterocycles. The molecule has 10 nitrogen and oxygen atoms in total. The molecule has 2 N–H and O–H groups in total.